The van der Waals surface area contributed by atoms with Gasteiger partial charge in [0.25, 0.3) is 0 Å². The van der Waals surface area contributed by atoms with Crippen LogP contribution in [0.15, 0.2) is 0 Å². The Morgan fingerprint density at radius 1 is 0.840 bits per heavy atom. The molecule has 0 bridgehead atoms. The van der Waals surface area contributed by atoms with Gasteiger partial charge < -0.3 is 10.2 Å². The van der Waals surface area contributed by atoms with Crippen LogP contribution < -0.4 is 0 Å². The van der Waals surface area contributed by atoms with Crippen LogP contribution in [-0.2, 0) is 0 Å². The molecule has 0 amide bonds. The lowest BCUT2D eigenvalue weighted by molar-refractivity contribution is -0.152. The van der Waals surface area contributed by atoms with Crippen LogP contribution in [0, 0.1) is 59.2 Å². The minimum absolute atomic E-state index is 0.125. The van der Waals surface area contributed by atoms with Crippen LogP contribution in [0.4, 0.5) is 0 Å². The predicted octanol–water partition coefficient (Wildman–Crippen LogP) is 3.76. The van der Waals surface area contributed by atoms with Crippen LogP contribution in [0.5, 0.6) is 0 Å². The van der Waals surface area contributed by atoms with Crippen molar-refractivity contribution in [3.8, 4) is 24.7 Å². The minimum atomic E-state index is -0.920. The number of aliphatic hydroxyl groups is 2. The average molecular weight is 341 g/mol. The van der Waals surface area contributed by atoms with Gasteiger partial charge in [-0.1, -0.05) is 25.7 Å². The molecule has 136 valence electrons. The molecule has 0 spiro atoms. The van der Waals surface area contributed by atoms with Crippen molar-refractivity contribution in [2.45, 2.75) is 82.8 Å². The first-order chi connectivity index (χ1) is 11.7. The van der Waals surface area contributed by atoms with Gasteiger partial charge >= 0.3 is 0 Å². The van der Waals surface area contributed by atoms with Gasteiger partial charge in [0.2, 0.25) is 0 Å². The normalized spacial score (nSPS) is 57.5. The fourth-order valence-electron chi connectivity index (χ4n) is 7.63. The zero-order chi connectivity index (χ0) is 18.1. The van der Waals surface area contributed by atoms with Crippen molar-refractivity contribution < 1.29 is 10.2 Å². The maximum absolute atomic E-state index is 11.1. The Hall–Kier alpha value is -0.960. The second-order valence-electron chi connectivity index (χ2n) is 10.0. The summed E-state index contributed by atoms with van der Waals surface area (Å²) in [5.74, 6) is 7.85. The van der Waals surface area contributed by atoms with E-state index in [4.69, 9.17) is 12.8 Å². The molecule has 0 aromatic heterocycles. The van der Waals surface area contributed by atoms with Crippen molar-refractivity contribution in [1.29, 1.82) is 0 Å². The van der Waals surface area contributed by atoms with Crippen molar-refractivity contribution in [2.75, 3.05) is 0 Å². The molecule has 2 N–H and O–H groups in total. The molecule has 4 rings (SSSR count). The van der Waals surface area contributed by atoms with Gasteiger partial charge in [0.15, 0.2) is 0 Å². The highest BCUT2D eigenvalue weighted by atomic mass is 16.3. The summed E-state index contributed by atoms with van der Waals surface area (Å²) < 4.78 is 0. The number of hydrogen-bond acceptors (Lipinski definition) is 2. The molecule has 4 aliphatic carbocycles. The van der Waals surface area contributed by atoms with E-state index in [1.807, 2.05) is 0 Å². The quantitative estimate of drug-likeness (QED) is 0.659. The predicted molar refractivity (Wildman–Crippen MR) is 99.3 cm³/mol. The summed E-state index contributed by atoms with van der Waals surface area (Å²) in [5.41, 5.74) is -1.65. The lowest BCUT2D eigenvalue weighted by atomic mass is 9.43. The van der Waals surface area contributed by atoms with Gasteiger partial charge in [0.1, 0.15) is 11.2 Å². The van der Waals surface area contributed by atoms with E-state index in [0.29, 0.717) is 23.7 Å². The summed E-state index contributed by atoms with van der Waals surface area (Å²) in [6.45, 7) is 4.70. The van der Waals surface area contributed by atoms with Gasteiger partial charge in [-0.15, -0.1) is 12.8 Å². The molecule has 8 atom stereocenters. The molecule has 2 nitrogen and oxygen atoms in total. The zero-order valence-corrected chi connectivity index (χ0v) is 15.7. The first kappa shape index (κ1) is 17.5. The van der Waals surface area contributed by atoms with Crippen LogP contribution in [0.2, 0.25) is 0 Å². The fourth-order valence-corrected chi connectivity index (χ4v) is 7.63. The molecular weight excluding hydrogens is 308 g/mol. The average Bonchev–Trinajstić information content (AvgIpc) is 2.88. The third-order valence-electron chi connectivity index (χ3n) is 9.39. The Bertz CT molecular complexity index is 656. The monoisotopic (exact) mass is 340 g/mol. The maximum Gasteiger partial charge on any atom is 0.130 e. The largest absolute Gasteiger partial charge is 0.378 e. The highest BCUT2D eigenvalue weighted by Gasteiger charge is 2.64. The van der Waals surface area contributed by atoms with Crippen LogP contribution in [0.1, 0.15) is 71.6 Å². The lowest BCUT2D eigenvalue weighted by Gasteiger charge is -2.62. The molecule has 0 radical (unpaired) electrons. The minimum Gasteiger partial charge on any atom is -0.378 e. The van der Waals surface area contributed by atoms with Crippen molar-refractivity contribution in [3.05, 3.63) is 0 Å². The summed E-state index contributed by atoms with van der Waals surface area (Å²) in [6.07, 6.45) is 20.3. The highest BCUT2D eigenvalue weighted by molar-refractivity contribution is 5.24. The summed E-state index contributed by atoms with van der Waals surface area (Å²) in [5, 5.41) is 21.7. The summed E-state index contributed by atoms with van der Waals surface area (Å²) in [7, 11) is 0. The number of hydrogen-bond donors (Lipinski definition) is 2. The molecule has 0 aromatic carbocycles. The molecule has 0 heterocycles. The molecule has 25 heavy (non-hydrogen) atoms. The van der Waals surface area contributed by atoms with Crippen molar-refractivity contribution in [3.63, 3.8) is 0 Å². The van der Waals surface area contributed by atoms with Crippen molar-refractivity contribution in [1.82, 2.24) is 0 Å². The third kappa shape index (κ3) is 2.14. The van der Waals surface area contributed by atoms with Crippen LogP contribution >= 0.6 is 0 Å². The van der Waals surface area contributed by atoms with E-state index in [-0.39, 0.29) is 10.8 Å². The molecular formula is C23H32O2. The second-order valence-corrected chi connectivity index (χ2v) is 10.0. The number of rotatable bonds is 0. The van der Waals surface area contributed by atoms with Gasteiger partial charge in [-0.2, -0.15) is 0 Å². The van der Waals surface area contributed by atoms with Gasteiger partial charge in [-0.3, -0.25) is 0 Å². The molecule has 2 heteroatoms. The molecule has 4 aliphatic rings. The topological polar surface area (TPSA) is 40.5 Å². The SMILES string of the molecule is C#C[C@]1(O)CC[C@@]2(C)[C@@H](CC[C@H]3[C@H]2CC[C@@]2(C)[C@@H]3CC[C@@]2(O)C#C)C1. The summed E-state index contributed by atoms with van der Waals surface area (Å²) >= 11 is 0. The Balaban J connectivity index is 1.63. The lowest BCUT2D eigenvalue weighted by Crippen LogP contribution is -2.57. The molecule has 0 unspecified atom stereocenters. The smallest absolute Gasteiger partial charge is 0.130 e. The molecule has 4 saturated carbocycles. The Morgan fingerprint density at radius 3 is 2.24 bits per heavy atom. The molecule has 4 fully saturated rings. The zero-order valence-electron chi connectivity index (χ0n) is 15.7. The molecule has 0 saturated heterocycles. The Labute approximate surface area is 152 Å². The van der Waals surface area contributed by atoms with Gasteiger partial charge in [-0.25, -0.2) is 0 Å². The van der Waals surface area contributed by atoms with E-state index in [1.54, 1.807) is 0 Å². The maximum atomic E-state index is 11.1. The number of fused-ring (bicyclic) bond motifs is 5. The van der Waals surface area contributed by atoms with Gasteiger partial charge in [-0.05, 0) is 86.9 Å². The van der Waals surface area contributed by atoms with E-state index in [1.165, 1.54) is 6.42 Å². The van der Waals surface area contributed by atoms with E-state index in [2.05, 4.69) is 25.7 Å². The Morgan fingerprint density at radius 2 is 1.56 bits per heavy atom. The van der Waals surface area contributed by atoms with Gasteiger partial charge in [0.05, 0.1) is 0 Å². The third-order valence-corrected chi connectivity index (χ3v) is 9.39. The van der Waals surface area contributed by atoms with E-state index in [0.717, 1.165) is 51.4 Å². The molecule has 0 aromatic rings. The fraction of sp³-hybridized carbons (Fsp3) is 0.826. The van der Waals surface area contributed by atoms with E-state index >= 15 is 0 Å². The summed E-state index contributed by atoms with van der Waals surface area (Å²) in [6, 6.07) is 0. The Kier molecular flexibility index (Phi) is 3.69. The van der Waals surface area contributed by atoms with Gasteiger partial charge in [0, 0.05) is 5.41 Å². The first-order valence-corrected chi connectivity index (χ1v) is 10.1. The first-order valence-electron chi connectivity index (χ1n) is 10.1. The number of terminal acetylenes is 2. The highest BCUT2D eigenvalue weighted by Crippen LogP contribution is 2.68. The van der Waals surface area contributed by atoms with Crippen LogP contribution in [0.25, 0.3) is 0 Å². The second kappa shape index (κ2) is 5.28. The summed E-state index contributed by atoms with van der Waals surface area (Å²) in [4.78, 5) is 0. The molecule has 0 aliphatic heterocycles. The van der Waals surface area contributed by atoms with Crippen molar-refractivity contribution in [2.24, 2.45) is 34.5 Å². The van der Waals surface area contributed by atoms with E-state index < -0.39 is 11.2 Å². The van der Waals surface area contributed by atoms with Crippen molar-refractivity contribution >= 4 is 0 Å². The van der Waals surface area contributed by atoms with Crippen LogP contribution in [-0.4, -0.2) is 21.4 Å². The van der Waals surface area contributed by atoms with E-state index in [9.17, 15) is 10.2 Å². The standard InChI is InChI=1S/C23H32O2/c1-5-22(24)14-13-20(3)16(15-22)7-8-17-18(20)9-11-21(4)19(17)10-12-23(21,25)6-2/h1-2,16-19,24-25H,7-15H2,3-4H3/t16-,17-,18+,19+,20-,21-,22-,23-/m0/s1. The van der Waals surface area contributed by atoms with Crippen LogP contribution in [0.3, 0.4) is 0 Å².